The molecule has 1 rings (SSSR count). The highest BCUT2D eigenvalue weighted by Gasteiger charge is 2.07. The minimum Gasteiger partial charge on any atom is -0.388 e. The average molecular weight is 241 g/mol. The summed E-state index contributed by atoms with van der Waals surface area (Å²) in [6.45, 7) is 6.19. The molecule has 1 amide bonds. The number of carbonyl (C=O) groups excluding carboxylic acids is 1. The molecule has 0 saturated carbocycles. The number of amides is 1. The Labute approximate surface area is 100 Å². The second kappa shape index (κ2) is 6.01. The number of carbonyl (C=O) groups is 1. The van der Waals surface area contributed by atoms with Crippen LogP contribution in [0.1, 0.15) is 36.6 Å². The van der Waals surface area contributed by atoms with Gasteiger partial charge in [-0.25, -0.2) is 0 Å². The van der Waals surface area contributed by atoms with E-state index < -0.39 is 6.10 Å². The van der Waals surface area contributed by atoms with Gasteiger partial charge in [-0.05, 0) is 25.5 Å². The third-order valence-corrected chi connectivity index (χ3v) is 3.60. The zero-order valence-corrected chi connectivity index (χ0v) is 10.8. The zero-order chi connectivity index (χ0) is 12.1. The molecule has 16 heavy (non-hydrogen) atoms. The van der Waals surface area contributed by atoms with Crippen LogP contribution in [-0.2, 0) is 11.2 Å². The molecule has 0 aliphatic rings. The molecule has 0 aliphatic heterocycles. The van der Waals surface area contributed by atoms with E-state index in [1.165, 1.54) is 4.88 Å². The van der Waals surface area contributed by atoms with Gasteiger partial charge >= 0.3 is 0 Å². The fraction of sp³-hybridized carbons (Fsp3) is 0.583. The van der Waals surface area contributed by atoms with Crippen molar-refractivity contribution in [1.29, 1.82) is 0 Å². The Morgan fingerprint density at radius 1 is 1.44 bits per heavy atom. The summed E-state index contributed by atoms with van der Waals surface area (Å²) in [6, 6.07) is 3.95. The zero-order valence-electron chi connectivity index (χ0n) is 9.99. The van der Waals surface area contributed by atoms with E-state index in [4.69, 9.17) is 0 Å². The van der Waals surface area contributed by atoms with Crippen LogP contribution in [0.2, 0.25) is 0 Å². The van der Waals surface area contributed by atoms with Gasteiger partial charge in [0, 0.05) is 22.2 Å². The summed E-state index contributed by atoms with van der Waals surface area (Å²) in [5.74, 6) is 0.128. The van der Waals surface area contributed by atoms with Gasteiger partial charge in [0.15, 0.2) is 0 Å². The minimum absolute atomic E-state index is 0.0383. The van der Waals surface area contributed by atoms with Crippen LogP contribution in [0.25, 0.3) is 0 Å². The van der Waals surface area contributed by atoms with Gasteiger partial charge in [-0.3, -0.25) is 4.79 Å². The van der Waals surface area contributed by atoms with Gasteiger partial charge in [-0.2, -0.15) is 0 Å². The molecule has 0 unspecified atom stereocenters. The molecule has 0 spiro atoms. The van der Waals surface area contributed by atoms with Crippen molar-refractivity contribution in [2.24, 2.45) is 5.92 Å². The van der Waals surface area contributed by atoms with Gasteiger partial charge in [0.2, 0.25) is 5.91 Å². The van der Waals surface area contributed by atoms with Gasteiger partial charge in [0.05, 0.1) is 6.10 Å². The van der Waals surface area contributed by atoms with Crippen molar-refractivity contribution in [2.75, 3.05) is 6.54 Å². The molecular formula is C12H19NO2S. The van der Waals surface area contributed by atoms with Crippen molar-refractivity contribution < 1.29 is 9.90 Å². The van der Waals surface area contributed by atoms with Crippen LogP contribution in [0.15, 0.2) is 12.1 Å². The predicted molar refractivity (Wildman–Crippen MR) is 66.5 cm³/mol. The van der Waals surface area contributed by atoms with Crippen LogP contribution in [0.4, 0.5) is 0 Å². The van der Waals surface area contributed by atoms with E-state index in [1.807, 2.05) is 26.0 Å². The summed E-state index contributed by atoms with van der Waals surface area (Å²) < 4.78 is 0. The van der Waals surface area contributed by atoms with E-state index in [0.717, 1.165) is 11.3 Å². The maximum atomic E-state index is 11.3. The summed E-state index contributed by atoms with van der Waals surface area (Å²) in [4.78, 5) is 13.5. The first-order chi connectivity index (χ1) is 7.50. The number of hydrogen-bond acceptors (Lipinski definition) is 3. The molecule has 0 bridgehead atoms. The molecule has 1 aromatic heterocycles. The molecule has 4 heteroatoms. The third kappa shape index (κ3) is 3.94. The summed E-state index contributed by atoms with van der Waals surface area (Å²) >= 11 is 1.60. The molecule has 0 saturated heterocycles. The van der Waals surface area contributed by atoms with E-state index in [1.54, 1.807) is 18.3 Å². The first-order valence-electron chi connectivity index (χ1n) is 5.55. The van der Waals surface area contributed by atoms with Crippen LogP contribution in [-0.4, -0.2) is 17.6 Å². The minimum atomic E-state index is -0.399. The maximum Gasteiger partial charge on any atom is 0.222 e. The first-order valence-corrected chi connectivity index (χ1v) is 6.36. The summed E-state index contributed by atoms with van der Waals surface area (Å²) in [6.07, 6.45) is 0.430. The fourth-order valence-electron chi connectivity index (χ4n) is 1.27. The van der Waals surface area contributed by atoms with Crippen molar-refractivity contribution in [1.82, 2.24) is 5.32 Å². The highest BCUT2D eigenvalue weighted by Crippen LogP contribution is 2.22. The molecule has 0 radical (unpaired) electrons. The van der Waals surface area contributed by atoms with Crippen molar-refractivity contribution in [2.45, 2.75) is 33.3 Å². The van der Waals surface area contributed by atoms with E-state index >= 15 is 0 Å². The molecule has 1 aromatic rings. The number of thiophene rings is 1. The Kier molecular flexibility index (Phi) is 4.96. The molecule has 3 nitrogen and oxygen atoms in total. The molecule has 0 fully saturated rings. The number of hydrogen-bond donors (Lipinski definition) is 2. The number of aliphatic hydroxyl groups is 1. The monoisotopic (exact) mass is 241 g/mol. The highest BCUT2D eigenvalue weighted by atomic mass is 32.1. The molecular weight excluding hydrogens is 222 g/mol. The van der Waals surface area contributed by atoms with Crippen molar-refractivity contribution in [3.63, 3.8) is 0 Å². The van der Waals surface area contributed by atoms with Crippen molar-refractivity contribution in [3.05, 3.63) is 21.9 Å². The van der Waals surface area contributed by atoms with Crippen molar-refractivity contribution >= 4 is 17.2 Å². The molecule has 90 valence electrons. The largest absolute Gasteiger partial charge is 0.388 e. The normalized spacial score (nSPS) is 12.8. The van der Waals surface area contributed by atoms with Crippen molar-refractivity contribution in [3.8, 4) is 0 Å². The van der Waals surface area contributed by atoms with Crippen LogP contribution >= 0.6 is 11.3 Å². The van der Waals surface area contributed by atoms with Gasteiger partial charge < -0.3 is 10.4 Å². The lowest BCUT2D eigenvalue weighted by Gasteiger charge is -2.06. The van der Waals surface area contributed by atoms with Crippen LogP contribution in [0.5, 0.6) is 0 Å². The number of aliphatic hydroxyl groups excluding tert-OH is 1. The van der Waals surface area contributed by atoms with Crippen LogP contribution in [0.3, 0.4) is 0 Å². The van der Waals surface area contributed by atoms with Gasteiger partial charge in [0.25, 0.3) is 0 Å². The predicted octanol–water partition coefficient (Wildman–Crippen LogP) is 2.12. The summed E-state index contributed by atoms with van der Waals surface area (Å²) in [7, 11) is 0. The van der Waals surface area contributed by atoms with Gasteiger partial charge in [0.1, 0.15) is 0 Å². The quantitative estimate of drug-likeness (QED) is 0.829. The van der Waals surface area contributed by atoms with Gasteiger partial charge in [-0.15, -0.1) is 11.3 Å². The average Bonchev–Trinajstić information content (AvgIpc) is 2.66. The molecule has 2 N–H and O–H groups in total. The topological polar surface area (TPSA) is 49.3 Å². The Bertz CT molecular complexity index is 345. The second-order valence-corrected chi connectivity index (χ2v) is 5.38. The number of nitrogens with one attached hydrogen (secondary N) is 1. The SMILES string of the molecule is CC(C)C(=O)NCCc1ccc([C@@H](C)O)s1. The lowest BCUT2D eigenvalue weighted by molar-refractivity contribution is -0.123. The Morgan fingerprint density at radius 2 is 2.12 bits per heavy atom. The smallest absolute Gasteiger partial charge is 0.222 e. The Hall–Kier alpha value is -0.870. The lowest BCUT2D eigenvalue weighted by atomic mass is 10.2. The third-order valence-electron chi connectivity index (χ3n) is 2.29. The van der Waals surface area contributed by atoms with E-state index in [9.17, 15) is 9.90 Å². The maximum absolute atomic E-state index is 11.3. The Morgan fingerprint density at radius 3 is 2.62 bits per heavy atom. The first kappa shape index (κ1) is 13.2. The lowest BCUT2D eigenvalue weighted by Crippen LogP contribution is -2.29. The second-order valence-electron chi connectivity index (χ2n) is 4.18. The van der Waals surface area contributed by atoms with E-state index in [0.29, 0.717) is 6.54 Å². The molecule has 0 aliphatic carbocycles. The standard InChI is InChI=1S/C12H19NO2S/c1-8(2)12(15)13-7-6-10-4-5-11(16-10)9(3)14/h4-5,8-9,14H,6-7H2,1-3H3,(H,13,15)/t9-/m1/s1. The molecule has 1 heterocycles. The summed E-state index contributed by atoms with van der Waals surface area (Å²) in [5, 5.41) is 12.2. The molecule has 0 aromatic carbocycles. The summed E-state index contributed by atoms with van der Waals surface area (Å²) in [5.41, 5.74) is 0. The van der Waals surface area contributed by atoms with E-state index in [2.05, 4.69) is 5.32 Å². The van der Waals surface area contributed by atoms with Crippen LogP contribution < -0.4 is 5.32 Å². The van der Waals surface area contributed by atoms with Crippen LogP contribution in [0, 0.1) is 5.92 Å². The highest BCUT2D eigenvalue weighted by molar-refractivity contribution is 7.12. The molecule has 1 atom stereocenters. The van der Waals surface area contributed by atoms with E-state index in [-0.39, 0.29) is 11.8 Å². The fourth-order valence-corrected chi connectivity index (χ4v) is 2.22. The number of rotatable bonds is 5. The van der Waals surface area contributed by atoms with Gasteiger partial charge in [-0.1, -0.05) is 13.8 Å². The Balaban J connectivity index is 2.35.